The van der Waals surface area contributed by atoms with Gasteiger partial charge in [0.1, 0.15) is 11.9 Å². The quantitative estimate of drug-likeness (QED) is 0.752. The lowest BCUT2D eigenvalue weighted by Crippen LogP contribution is -2.34. The van der Waals surface area contributed by atoms with E-state index in [1.807, 2.05) is 6.07 Å². The highest BCUT2D eigenvalue weighted by atomic mass is 16.5. The van der Waals surface area contributed by atoms with E-state index in [0.717, 1.165) is 12.3 Å². The van der Waals surface area contributed by atoms with Crippen molar-refractivity contribution in [1.82, 2.24) is 5.32 Å². The van der Waals surface area contributed by atoms with Crippen LogP contribution in [-0.2, 0) is 0 Å². The molecule has 0 aromatic heterocycles. The summed E-state index contributed by atoms with van der Waals surface area (Å²) < 4.78 is 5.97. The van der Waals surface area contributed by atoms with Crippen LogP contribution in [0.1, 0.15) is 58.9 Å². The maximum atomic E-state index is 5.97. The third-order valence-electron chi connectivity index (χ3n) is 3.34. The van der Waals surface area contributed by atoms with Crippen LogP contribution in [0.25, 0.3) is 0 Å². The van der Waals surface area contributed by atoms with Crippen LogP contribution >= 0.6 is 0 Å². The topological polar surface area (TPSA) is 21.3 Å². The van der Waals surface area contributed by atoms with Gasteiger partial charge in [0.2, 0.25) is 0 Å². The van der Waals surface area contributed by atoms with Crippen LogP contribution in [-0.4, -0.2) is 18.7 Å². The van der Waals surface area contributed by atoms with Crippen molar-refractivity contribution in [2.24, 2.45) is 0 Å². The first-order chi connectivity index (χ1) is 9.02. The average Bonchev–Trinajstić information content (AvgIpc) is 2.37. The maximum Gasteiger partial charge on any atom is 0.120 e. The second-order valence-electron chi connectivity index (χ2n) is 5.75. The minimum atomic E-state index is 0.196. The third kappa shape index (κ3) is 6.11. The predicted molar refractivity (Wildman–Crippen MR) is 83.0 cm³/mol. The molecule has 1 N–H and O–H groups in total. The van der Waals surface area contributed by atoms with Crippen LogP contribution in [0.15, 0.2) is 24.3 Å². The molecule has 2 heteroatoms. The monoisotopic (exact) mass is 263 g/mol. The van der Waals surface area contributed by atoms with Gasteiger partial charge in [-0.1, -0.05) is 39.3 Å². The number of ether oxygens (including phenoxy) is 1. The molecule has 2 atom stereocenters. The number of nitrogens with one attached hydrogen (secondary N) is 1. The van der Waals surface area contributed by atoms with E-state index in [0.29, 0.717) is 12.0 Å². The molecule has 2 nitrogen and oxygen atoms in total. The van der Waals surface area contributed by atoms with E-state index < -0.39 is 0 Å². The lowest BCUT2D eigenvalue weighted by molar-refractivity contribution is 0.211. The van der Waals surface area contributed by atoms with Gasteiger partial charge in [0, 0.05) is 12.6 Å². The molecule has 0 saturated carbocycles. The number of benzene rings is 1. The van der Waals surface area contributed by atoms with Crippen LogP contribution in [0.5, 0.6) is 5.75 Å². The summed E-state index contributed by atoms with van der Waals surface area (Å²) >= 11 is 0. The van der Waals surface area contributed by atoms with Gasteiger partial charge < -0.3 is 10.1 Å². The van der Waals surface area contributed by atoms with Crippen molar-refractivity contribution < 1.29 is 4.74 Å². The lowest BCUT2D eigenvalue weighted by Gasteiger charge is -2.19. The standard InChI is InChI=1S/C17H29NO/c1-6-8-14(4)18-12-15(5)19-17-10-7-9-16(11-17)13(2)3/h7,9-11,13-15,18H,6,8,12H2,1-5H3. The van der Waals surface area contributed by atoms with Gasteiger partial charge in [0.15, 0.2) is 0 Å². The number of hydrogen-bond donors (Lipinski definition) is 1. The molecule has 108 valence electrons. The highest BCUT2D eigenvalue weighted by Crippen LogP contribution is 2.20. The van der Waals surface area contributed by atoms with Crippen molar-refractivity contribution in [2.75, 3.05) is 6.54 Å². The van der Waals surface area contributed by atoms with Gasteiger partial charge in [-0.25, -0.2) is 0 Å². The summed E-state index contributed by atoms with van der Waals surface area (Å²) in [5.74, 6) is 1.52. The smallest absolute Gasteiger partial charge is 0.120 e. The van der Waals surface area contributed by atoms with E-state index in [1.165, 1.54) is 18.4 Å². The van der Waals surface area contributed by atoms with Crippen molar-refractivity contribution in [3.05, 3.63) is 29.8 Å². The first-order valence-electron chi connectivity index (χ1n) is 7.53. The zero-order chi connectivity index (χ0) is 14.3. The second kappa shape index (κ2) is 8.21. The van der Waals surface area contributed by atoms with E-state index in [-0.39, 0.29) is 6.10 Å². The molecular weight excluding hydrogens is 234 g/mol. The molecule has 2 unspecified atom stereocenters. The van der Waals surface area contributed by atoms with Gasteiger partial charge >= 0.3 is 0 Å². The van der Waals surface area contributed by atoms with Crippen molar-refractivity contribution >= 4 is 0 Å². The first-order valence-corrected chi connectivity index (χ1v) is 7.53. The van der Waals surface area contributed by atoms with Gasteiger partial charge in [0.25, 0.3) is 0 Å². The fourth-order valence-electron chi connectivity index (χ4n) is 2.12. The molecule has 0 fully saturated rings. The molecule has 1 rings (SSSR count). The highest BCUT2D eigenvalue weighted by Gasteiger charge is 2.07. The highest BCUT2D eigenvalue weighted by molar-refractivity contribution is 5.30. The van der Waals surface area contributed by atoms with Gasteiger partial charge in [-0.05, 0) is 43.9 Å². The Balaban J connectivity index is 2.43. The van der Waals surface area contributed by atoms with Gasteiger partial charge in [-0.2, -0.15) is 0 Å². The Hall–Kier alpha value is -1.02. The van der Waals surface area contributed by atoms with Crippen LogP contribution in [0.2, 0.25) is 0 Å². The Kier molecular flexibility index (Phi) is 6.93. The van der Waals surface area contributed by atoms with Crippen molar-refractivity contribution in [2.45, 2.75) is 65.5 Å². The summed E-state index contributed by atoms with van der Waals surface area (Å²) in [6.45, 7) is 11.9. The summed E-state index contributed by atoms with van der Waals surface area (Å²) in [6.07, 6.45) is 2.64. The van der Waals surface area contributed by atoms with Gasteiger partial charge in [0.05, 0.1) is 0 Å². The molecule has 0 aliphatic rings. The third-order valence-corrected chi connectivity index (χ3v) is 3.34. The van der Waals surface area contributed by atoms with E-state index >= 15 is 0 Å². The summed E-state index contributed by atoms with van der Waals surface area (Å²) in [7, 11) is 0. The predicted octanol–water partition coefficient (Wildman–Crippen LogP) is 4.36. The molecule has 0 bridgehead atoms. The fraction of sp³-hybridized carbons (Fsp3) is 0.647. The Morgan fingerprint density at radius 1 is 1.16 bits per heavy atom. The molecule has 0 amide bonds. The molecule has 0 radical (unpaired) electrons. The summed E-state index contributed by atoms with van der Waals surface area (Å²) in [5.41, 5.74) is 1.33. The Bertz CT molecular complexity index is 362. The normalized spacial score (nSPS) is 14.4. The summed E-state index contributed by atoms with van der Waals surface area (Å²) in [4.78, 5) is 0. The van der Waals surface area contributed by atoms with E-state index in [2.05, 4.69) is 58.1 Å². The van der Waals surface area contributed by atoms with E-state index in [1.54, 1.807) is 0 Å². The summed E-state index contributed by atoms with van der Waals surface area (Å²) in [5, 5.41) is 3.52. The molecule has 1 aromatic rings. The molecule has 0 spiro atoms. The lowest BCUT2D eigenvalue weighted by atomic mass is 10.0. The summed E-state index contributed by atoms with van der Waals surface area (Å²) in [6, 6.07) is 8.99. The first kappa shape index (κ1) is 16.0. The zero-order valence-electron chi connectivity index (χ0n) is 13.1. The van der Waals surface area contributed by atoms with Gasteiger partial charge in [-0.3, -0.25) is 0 Å². The van der Waals surface area contributed by atoms with Crippen LogP contribution < -0.4 is 10.1 Å². The SMILES string of the molecule is CCCC(C)NCC(C)Oc1cccc(C(C)C)c1. The number of hydrogen-bond acceptors (Lipinski definition) is 2. The largest absolute Gasteiger partial charge is 0.489 e. The van der Waals surface area contributed by atoms with Crippen LogP contribution in [0.4, 0.5) is 0 Å². The Morgan fingerprint density at radius 2 is 1.89 bits per heavy atom. The fourth-order valence-corrected chi connectivity index (χ4v) is 2.12. The molecule has 0 saturated heterocycles. The zero-order valence-corrected chi connectivity index (χ0v) is 13.1. The van der Waals surface area contributed by atoms with E-state index in [4.69, 9.17) is 4.74 Å². The maximum absolute atomic E-state index is 5.97. The van der Waals surface area contributed by atoms with Gasteiger partial charge in [-0.15, -0.1) is 0 Å². The molecular formula is C17H29NO. The minimum absolute atomic E-state index is 0.196. The van der Waals surface area contributed by atoms with E-state index in [9.17, 15) is 0 Å². The van der Waals surface area contributed by atoms with Crippen molar-refractivity contribution in [3.63, 3.8) is 0 Å². The second-order valence-corrected chi connectivity index (χ2v) is 5.75. The van der Waals surface area contributed by atoms with Crippen molar-refractivity contribution in [3.8, 4) is 5.75 Å². The van der Waals surface area contributed by atoms with Crippen LogP contribution in [0, 0.1) is 0 Å². The van der Waals surface area contributed by atoms with Crippen molar-refractivity contribution in [1.29, 1.82) is 0 Å². The molecule has 1 aromatic carbocycles. The molecule has 0 heterocycles. The molecule has 19 heavy (non-hydrogen) atoms. The molecule has 0 aliphatic heterocycles. The Morgan fingerprint density at radius 3 is 2.53 bits per heavy atom. The number of rotatable bonds is 8. The molecule has 0 aliphatic carbocycles. The minimum Gasteiger partial charge on any atom is -0.489 e. The Labute approximate surface area is 118 Å². The average molecular weight is 263 g/mol. The van der Waals surface area contributed by atoms with Crippen LogP contribution in [0.3, 0.4) is 0 Å².